The summed E-state index contributed by atoms with van der Waals surface area (Å²) < 4.78 is 0. The van der Waals surface area contributed by atoms with Gasteiger partial charge in [-0.2, -0.15) is 0 Å². The fraction of sp³-hybridized carbons (Fsp3) is 0. The summed E-state index contributed by atoms with van der Waals surface area (Å²) in [7, 11) is 0. The van der Waals surface area contributed by atoms with Gasteiger partial charge < -0.3 is 5.21 Å². The summed E-state index contributed by atoms with van der Waals surface area (Å²) in [5, 5.41) is 13.6. The SMILES string of the molecule is O=[N+]([O-])O.[Co].[Li]. The third-order valence-corrected chi connectivity index (χ3v) is 0. The molecule has 34 valence electrons. The van der Waals surface area contributed by atoms with Crippen LogP contribution in [-0.2, 0) is 16.8 Å². The molecule has 4 nitrogen and oxygen atoms in total. The molecule has 0 bridgehead atoms. The molecule has 0 saturated carbocycles. The van der Waals surface area contributed by atoms with Gasteiger partial charge in [-0.15, -0.1) is 10.1 Å². The van der Waals surface area contributed by atoms with Crippen molar-refractivity contribution in [3.8, 4) is 0 Å². The standard InChI is InChI=1S/Co.Li.HNO3/c;;2-1(3)4/h;;(H,2,3,4). The molecule has 0 saturated heterocycles. The van der Waals surface area contributed by atoms with E-state index in [1.54, 1.807) is 0 Å². The number of hydrogen-bond acceptors (Lipinski definition) is 2. The van der Waals surface area contributed by atoms with Crippen LogP contribution >= 0.6 is 0 Å². The van der Waals surface area contributed by atoms with Crippen LogP contribution in [0.4, 0.5) is 0 Å². The normalized spacial score (nSPS) is 4.00. The molecule has 0 amide bonds. The van der Waals surface area contributed by atoms with E-state index in [0.29, 0.717) is 0 Å². The van der Waals surface area contributed by atoms with Crippen molar-refractivity contribution in [2.75, 3.05) is 0 Å². The summed E-state index contributed by atoms with van der Waals surface area (Å²) in [6, 6.07) is 0. The Bertz CT molecular complexity index is 33.8. The van der Waals surface area contributed by atoms with Gasteiger partial charge in [0.1, 0.15) is 0 Å². The molecule has 0 fully saturated rings. The van der Waals surface area contributed by atoms with Gasteiger partial charge in [0.2, 0.25) is 0 Å². The molecule has 0 atom stereocenters. The first kappa shape index (κ1) is 16.2. The van der Waals surface area contributed by atoms with Crippen LogP contribution in [0.2, 0.25) is 0 Å². The van der Waals surface area contributed by atoms with Crippen molar-refractivity contribution in [2.45, 2.75) is 0 Å². The molecule has 0 unspecified atom stereocenters. The van der Waals surface area contributed by atoms with Gasteiger partial charge in [0.05, 0.1) is 0 Å². The summed E-state index contributed by atoms with van der Waals surface area (Å²) in [6.45, 7) is 0. The Kier molecular flexibility index (Phi) is 24.4. The van der Waals surface area contributed by atoms with Crippen molar-refractivity contribution in [1.29, 1.82) is 0 Å². The van der Waals surface area contributed by atoms with Crippen LogP contribution in [0.15, 0.2) is 0 Å². The van der Waals surface area contributed by atoms with Gasteiger partial charge >= 0.3 is 0 Å². The quantitative estimate of drug-likeness (QED) is 0.266. The van der Waals surface area contributed by atoms with E-state index >= 15 is 0 Å². The first-order valence-corrected chi connectivity index (χ1v) is 0.565. The predicted molar refractivity (Wildman–Crippen MR) is 14.5 cm³/mol. The number of rotatable bonds is 0. The van der Waals surface area contributed by atoms with Crippen LogP contribution in [0.3, 0.4) is 0 Å². The van der Waals surface area contributed by atoms with Crippen LogP contribution in [0, 0.1) is 10.1 Å². The molecule has 0 heterocycles. The smallest absolute Gasteiger partial charge is 0.291 e. The van der Waals surface area contributed by atoms with E-state index < -0.39 is 5.09 Å². The van der Waals surface area contributed by atoms with E-state index in [0.717, 1.165) is 0 Å². The molecule has 0 aliphatic rings. The zero-order chi connectivity index (χ0) is 3.58. The van der Waals surface area contributed by atoms with Crippen LogP contribution in [0.25, 0.3) is 0 Å². The molecule has 6 heteroatoms. The Morgan fingerprint density at radius 2 is 1.67 bits per heavy atom. The minimum Gasteiger partial charge on any atom is -0.328 e. The molecule has 0 aliphatic carbocycles. The van der Waals surface area contributed by atoms with E-state index in [9.17, 15) is 0 Å². The molecule has 0 aromatic carbocycles. The van der Waals surface area contributed by atoms with Crippen molar-refractivity contribution >= 4 is 18.9 Å². The minimum atomic E-state index is -1.50. The summed E-state index contributed by atoms with van der Waals surface area (Å²) >= 11 is 0. The molecule has 6 heavy (non-hydrogen) atoms. The largest absolute Gasteiger partial charge is 0.328 e. The molecular weight excluding hydrogens is 128 g/mol. The van der Waals surface area contributed by atoms with E-state index in [-0.39, 0.29) is 35.6 Å². The van der Waals surface area contributed by atoms with E-state index in [4.69, 9.17) is 15.3 Å². The molecular formula is HCoLiNO3. The summed E-state index contributed by atoms with van der Waals surface area (Å²) in [5.41, 5.74) is 0. The van der Waals surface area contributed by atoms with Crippen LogP contribution in [-0.4, -0.2) is 29.2 Å². The van der Waals surface area contributed by atoms with Gasteiger partial charge in [0.15, 0.2) is 0 Å². The van der Waals surface area contributed by atoms with E-state index in [1.165, 1.54) is 0 Å². The average molecular weight is 129 g/mol. The Labute approximate surface area is 56.4 Å². The molecule has 2 radical (unpaired) electrons. The fourth-order valence-corrected chi connectivity index (χ4v) is 0. The van der Waals surface area contributed by atoms with Crippen molar-refractivity contribution in [3.63, 3.8) is 0 Å². The van der Waals surface area contributed by atoms with E-state index in [1.807, 2.05) is 0 Å². The van der Waals surface area contributed by atoms with Crippen LogP contribution < -0.4 is 0 Å². The molecule has 0 rings (SSSR count). The number of nitrogens with zero attached hydrogens (tertiary/aromatic N) is 1. The third-order valence-electron chi connectivity index (χ3n) is 0. The van der Waals surface area contributed by atoms with Crippen LogP contribution in [0.1, 0.15) is 0 Å². The van der Waals surface area contributed by atoms with Crippen molar-refractivity contribution < 1.29 is 27.1 Å². The minimum absolute atomic E-state index is 0. The second-order valence-corrected chi connectivity index (χ2v) is 0.238. The maximum atomic E-state index is 8.36. The summed E-state index contributed by atoms with van der Waals surface area (Å²) in [6.07, 6.45) is 0. The summed E-state index contributed by atoms with van der Waals surface area (Å²) in [4.78, 5) is 8.36. The molecule has 0 spiro atoms. The van der Waals surface area contributed by atoms with Crippen molar-refractivity contribution in [1.82, 2.24) is 0 Å². The second kappa shape index (κ2) is 9.00. The Hall–Kier alpha value is 0.304. The topological polar surface area (TPSA) is 63.4 Å². The van der Waals surface area contributed by atoms with Gasteiger partial charge in [0.25, 0.3) is 5.09 Å². The van der Waals surface area contributed by atoms with Crippen LogP contribution in [0.5, 0.6) is 0 Å². The second-order valence-electron chi connectivity index (χ2n) is 0.238. The first-order valence-electron chi connectivity index (χ1n) is 0.565. The summed E-state index contributed by atoms with van der Waals surface area (Å²) in [5.74, 6) is 0. The van der Waals surface area contributed by atoms with E-state index in [2.05, 4.69) is 0 Å². The average Bonchev–Trinajstić information content (AvgIpc) is 0.811. The zero-order valence-corrected chi connectivity index (χ0v) is 4.09. The molecule has 0 aliphatic heterocycles. The number of hydrogen-bond donors (Lipinski definition) is 1. The fourth-order valence-electron chi connectivity index (χ4n) is 0. The van der Waals surface area contributed by atoms with Crippen molar-refractivity contribution in [3.05, 3.63) is 10.1 Å². The Morgan fingerprint density at radius 1 is 1.67 bits per heavy atom. The van der Waals surface area contributed by atoms with Gasteiger partial charge in [-0.3, -0.25) is 0 Å². The van der Waals surface area contributed by atoms with Gasteiger partial charge in [0, 0.05) is 35.6 Å². The monoisotopic (exact) mass is 129 g/mol. The molecule has 0 aromatic rings. The molecule has 0 aromatic heterocycles. The van der Waals surface area contributed by atoms with Crippen molar-refractivity contribution in [2.24, 2.45) is 0 Å². The maximum Gasteiger partial charge on any atom is 0.291 e. The van der Waals surface area contributed by atoms with Gasteiger partial charge in [-0.25, -0.2) is 0 Å². The third kappa shape index (κ3) is 509. The first-order chi connectivity index (χ1) is 1.73. The Morgan fingerprint density at radius 3 is 1.67 bits per heavy atom. The van der Waals surface area contributed by atoms with Gasteiger partial charge in [-0.1, -0.05) is 0 Å². The maximum absolute atomic E-state index is 8.36. The predicted octanol–water partition coefficient (Wildman–Crippen LogP) is -0.731. The van der Waals surface area contributed by atoms with Gasteiger partial charge in [-0.05, 0) is 0 Å². The zero-order valence-electron chi connectivity index (χ0n) is 3.04. The Balaban J connectivity index is -0.0000000450. The molecule has 1 N–H and O–H groups in total.